The number of carboxylic acids is 1. The van der Waals surface area contributed by atoms with Gasteiger partial charge in [-0.25, -0.2) is 0 Å². The number of carbonyl (C=O) groups is 2. The molecule has 6 rings (SSSR count). The minimum absolute atomic E-state index is 0.0465. The molecule has 0 radical (unpaired) electrons. The summed E-state index contributed by atoms with van der Waals surface area (Å²) in [5.41, 5.74) is 10.3. The van der Waals surface area contributed by atoms with Crippen molar-refractivity contribution < 1.29 is 29.3 Å². The molecule has 2 unspecified atom stereocenters. The summed E-state index contributed by atoms with van der Waals surface area (Å²) in [5, 5.41) is 17.3. The van der Waals surface area contributed by atoms with Crippen molar-refractivity contribution in [2.75, 3.05) is 13.2 Å². The van der Waals surface area contributed by atoms with E-state index in [0.717, 1.165) is 87.7 Å². The highest BCUT2D eigenvalue weighted by Gasteiger charge is 2.60. The van der Waals surface area contributed by atoms with E-state index in [9.17, 15) is 9.59 Å². The molecule has 6 fully saturated rings. The number of hydrogen-bond donors (Lipinski definition) is 2. The van der Waals surface area contributed by atoms with E-state index in [1.807, 2.05) is 6.92 Å². The first-order valence-electron chi connectivity index (χ1n) is 27.8. The predicted octanol–water partition coefficient (Wildman–Crippen LogP) is 17.6. The van der Waals surface area contributed by atoms with Crippen LogP contribution in [0, 0.1) is 45.3 Å². The van der Waals surface area contributed by atoms with Crippen molar-refractivity contribution in [3.8, 4) is 0 Å². The maximum atomic E-state index is 11.6. The lowest BCUT2D eigenvalue weighted by Gasteiger charge is -2.60. The molecule has 394 valence electrons. The Morgan fingerprint density at radius 1 is 0.565 bits per heavy atom. The molecule has 69 heavy (non-hydrogen) atoms. The third-order valence-corrected chi connectivity index (χ3v) is 18.1. The Bertz CT molecular complexity index is 1810. The first kappa shape index (κ1) is 60.6. The van der Waals surface area contributed by atoms with Crippen molar-refractivity contribution >= 4 is 11.9 Å². The highest BCUT2D eigenvalue weighted by atomic mass is 16.6. The molecule has 2 N–H and O–H groups in total. The lowest BCUT2D eigenvalue weighted by atomic mass is 9.46. The Kier molecular flexibility index (Phi) is 24.5. The fourth-order valence-electron chi connectivity index (χ4n) is 14.3. The standard InChI is InChI=1S/C16H26O2.2C16H28O.C15H24O2/c1-13(2)7-5-8-14(3)9-6-10-15(4)11-12-16(17)18;1-14(2)8-5-9-15(3)12(14)6-10-16(4)13(15)7-11-17-16;1-14(2)8-5-9-15(3)10-6-11-16(4)12-7-13-17;1-14(2)7-4-8-15(3)10-9-13(16)17-11(10)5-6-12(14)15/h7,9,11H,5-6,8,10,12H2,1-4H3,(H,17,18);12-13H,5-11H2,1-4H3;8,10,12,17H,5-7,9,11,13H2,1-4H3;10-12H,4-9H2,1-3H3/b14-9+,15-11+;;15-10+,16-12+;/t;12?,13-,15+,16-;;10-,11+,12?,15+/m.1.0/s1. The summed E-state index contributed by atoms with van der Waals surface area (Å²) in [6.07, 6.45) is 38.2. The molecule has 2 saturated heterocycles. The zero-order valence-corrected chi connectivity index (χ0v) is 47.3. The van der Waals surface area contributed by atoms with Gasteiger partial charge in [-0.3, -0.25) is 9.59 Å². The van der Waals surface area contributed by atoms with Crippen molar-refractivity contribution in [2.24, 2.45) is 45.3 Å². The lowest BCUT2D eigenvalue weighted by molar-refractivity contribution is -0.147. The smallest absolute Gasteiger partial charge is 0.307 e. The van der Waals surface area contributed by atoms with E-state index >= 15 is 0 Å². The van der Waals surface area contributed by atoms with Gasteiger partial charge < -0.3 is 19.7 Å². The molecule has 0 aromatic heterocycles. The molecule has 0 amide bonds. The average molecular weight is 960 g/mol. The molecule has 2 aliphatic heterocycles. The Labute approximate surface area is 424 Å². The van der Waals surface area contributed by atoms with Crippen LogP contribution in [0.1, 0.15) is 245 Å². The highest BCUT2D eigenvalue weighted by molar-refractivity contribution is 5.72. The van der Waals surface area contributed by atoms with Crippen molar-refractivity contribution in [1.82, 2.24) is 0 Å². The molecule has 6 aliphatic rings. The number of aliphatic carboxylic acids is 1. The van der Waals surface area contributed by atoms with Crippen LogP contribution < -0.4 is 0 Å². The second-order valence-electron chi connectivity index (χ2n) is 25.3. The van der Waals surface area contributed by atoms with Crippen LogP contribution in [-0.4, -0.2) is 47.1 Å². The minimum Gasteiger partial charge on any atom is -0.481 e. The fraction of sp³-hybridized carbons (Fsp3) is 0.778. The molecule has 4 aliphatic carbocycles. The first-order valence-corrected chi connectivity index (χ1v) is 27.8. The number of allylic oxidation sites excluding steroid dienone is 10. The van der Waals surface area contributed by atoms with Crippen LogP contribution in [0.3, 0.4) is 0 Å². The number of fused-ring (bicyclic) bond motifs is 6. The quantitative estimate of drug-likeness (QED) is 0.118. The van der Waals surface area contributed by atoms with Crippen LogP contribution >= 0.6 is 0 Å². The third-order valence-electron chi connectivity index (χ3n) is 18.1. The van der Waals surface area contributed by atoms with E-state index in [1.54, 1.807) is 6.08 Å². The van der Waals surface area contributed by atoms with Gasteiger partial charge in [0.15, 0.2) is 0 Å². The van der Waals surface area contributed by atoms with Crippen LogP contribution in [0.4, 0.5) is 0 Å². The Balaban J connectivity index is 0.000000243. The van der Waals surface area contributed by atoms with Gasteiger partial charge in [0.05, 0.1) is 18.4 Å². The third kappa shape index (κ3) is 18.7. The number of aliphatic hydroxyl groups is 1. The van der Waals surface area contributed by atoms with Gasteiger partial charge in [-0.05, 0) is 217 Å². The number of esters is 1. The predicted molar refractivity (Wildman–Crippen MR) is 292 cm³/mol. The molecule has 0 bridgehead atoms. The van der Waals surface area contributed by atoms with Gasteiger partial charge in [0.2, 0.25) is 0 Å². The van der Waals surface area contributed by atoms with Gasteiger partial charge in [-0.1, -0.05) is 124 Å². The second-order valence-corrected chi connectivity index (χ2v) is 25.3. The number of carboxylic acid groups (broad SMARTS) is 1. The van der Waals surface area contributed by atoms with Crippen LogP contribution in [-0.2, 0) is 19.1 Å². The van der Waals surface area contributed by atoms with Crippen LogP contribution in [0.15, 0.2) is 69.9 Å². The van der Waals surface area contributed by atoms with Crippen LogP contribution in [0.2, 0.25) is 0 Å². The van der Waals surface area contributed by atoms with Crippen molar-refractivity contribution in [1.29, 1.82) is 0 Å². The summed E-state index contributed by atoms with van der Waals surface area (Å²) in [5.74, 6) is 2.29. The molecular formula is C63H106O6. The zero-order valence-electron chi connectivity index (χ0n) is 47.3. The van der Waals surface area contributed by atoms with Gasteiger partial charge in [0, 0.05) is 19.1 Å². The minimum atomic E-state index is -0.761. The van der Waals surface area contributed by atoms with Gasteiger partial charge in [0.25, 0.3) is 0 Å². The summed E-state index contributed by atoms with van der Waals surface area (Å²) >= 11 is 0. The lowest BCUT2D eigenvalue weighted by Crippen LogP contribution is -2.55. The maximum absolute atomic E-state index is 11.6. The van der Waals surface area contributed by atoms with E-state index in [-0.39, 0.29) is 30.7 Å². The Hall–Kier alpha value is -2.70. The van der Waals surface area contributed by atoms with Crippen LogP contribution in [0.25, 0.3) is 0 Å². The topological polar surface area (TPSA) is 93.1 Å². The van der Waals surface area contributed by atoms with E-state index in [2.05, 4.69) is 127 Å². The highest BCUT2D eigenvalue weighted by Crippen LogP contribution is 2.65. The number of aliphatic hydroxyl groups excluding tert-OH is 1. The van der Waals surface area contributed by atoms with Gasteiger partial charge in [-0.15, -0.1) is 0 Å². The average Bonchev–Trinajstić information content (AvgIpc) is 3.85. The van der Waals surface area contributed by atoms with E-state index < -0.39 is 5.97 Å². The number of ether oxygens (including phenoxy) is 2. The molecule has 6 heteroatoms. The van der Waals surface area contributed by atoms with Crippen molar-refractivity contribution in [2.45, 2.75) is 257 Å². The van der Waals surface area contributed by atoms with Crippen molar-refractivity contribution in [3.05, 3.63) is 69.9 Å². The van der Waals surface area contributed by atoms with E-state index in [1.165, 1.54) is 98.5 Å². The Morgan fingerprint density at radius 2 is 1.03 bits per heavy atom. The molecule has 4 saturated carbocycles. The van der Waals surface area contributed by atoms with Gasteiger partial charge >= 0.3 is 11.9 Å². The normalized spacial score (nSPS) is 31.3. The van der Waals surface area contributed by atoms with E-state index in [4.69, 9.17) is 19.7 Å². The maximum Gasteiger partial charge on any atom is 0.307 e. The summed E-state index contributed by atoms with van der Waals surface area (Å²) in [6, 6.07) is 0. The molecular weight excluding hydrogens is 853 g/mol. The number of carbonyl (C=O) groups excluding carboxylic acids is 1. The molecule has 8 atom stereocenters. The Morgan fingerprint density at radius 3 is 1.52 bits per heavy atom. The van der Waals surface area contributed by atoms with Crippen molar-refractivity contribution in [3.63, 3.8) is 0 Å². The SMILES string of the molecule is CC(C)=CCC/C(C)=C/CC/C(C)=C/CC(=O)O.CC(C)=CCC/C(C)=C/CC/C(C)=C/CCO.CC1(C)CCC[C@@]2(C)C1CC[C@@]1(C)OCC[C@@H]12.CC1(C)CCC[C@@]2(C)C1CC[C@H]1OC(=O)C[C@@H]12. The number of hydrogen-bond acceptors (Lipinski definition) is 5. The first-order chi connectivity index (χ1) is 32.3. The molecule has 2 heterocycles. The summed E-state index contributed by atoms with van der Waals surface area (Å²) in [6.45, 7) is 35.6. The monoisotopic (exact) mass is 959 g/mol. The number of rotatable bonds is 16. The summed E-state index contributed by atoms with van der Waals surface area (Å²) < 4.78 is 11.6. The molecule has 0 aromatic carbocycles. The van der Waals surface area contributed by atoms with E-state index in [0.29, 0.717) is 34.0 Å². The molecule has 0 aromatic rings. The van der Waals surface area contributed by atoms with Gasteiger partial charge in [-0.2, -0.15) is 0 Å². The molecule has 0 spiro atoms. The summed E-state index contributed by atoms with van der Waals surface area (Å²) in [7, 11) is 0. The summed E-state index contributed by atoms with van der Waals surface area (Å²) in [4.78, 5) is 22.0. The van der Waals surface area contributed by atoms with Crippen LogP contribution in [0.5, 0.6) is 0 Å². The molecule has 6 nitrogen and oxygen atoms in total. The largest absolute Gasteiger partial charge is 0.481 e. The fourth-order valence-corrected chi connectivity index (χ4v) is 14.3. The zero-order chi connectivity index (χ0) is 51.6. The van der Waals surface area contributed by atoms with Gasteiger partial charge in [0.1, 0.15) is 6.10 Å². The second kappa shape index (κ2) is 27.9.